The Morgan fingerprint density at radius 3 is 2.73 bits per heavy atom. The lowest BCUT2D eigenvalue weighted by Gasteiger charge is -2.31. The van der Waals surface area contributed by atoms with E-state index in [0.29, 0.717) is 25.9 Å². The number of nitrogens with zero attached hydrogens (tertiary/aromatic N) is 1. The van der Waals surface area contributed by atoms with Crippen LogP contribution in [0.2, 0.25) is 0 Å². The van der Waals surface area contributed by atoms with Crippen molar-refractivity contribution in [3.63, 3.8) is 0 Å². The van der Waals surface area contributed by atoms with Gasteiger partial charge in [0.05, 0.1) is 5.92 Å². The first-order valence-corrected chi connectivity index (χ1v) is 5.42. The minimum Gasteiger partial charge on any atom is -0.369 e. The molecule has 5 nitrogen and oxygen atoms in total. The summed E-state index contributed by atoms with van der Waals surface area (Å²) in [7, 11) is 0. The molecule has 15 heavy (non-hydrogen) atoms. The fraction of sp³-hybridized carbons (Fsp3) is 0.800. The first-order chi connectivity index (χ1) is 7.15. The predicted octanol–water partition coefficient (Wildman–Crippen LogP) is -0.551. The smallest absolute Gasteiger partial charge is 0.222 e. The zero-order valence-corrected chi connectivity index (χ0v) is 8.95. The number of carbonyl (C=O) groups is 2. The molecule has 0 aromatic heterocycles. The maximum Gasteiger partial charge on any atom is 0.222 e. The number of piperidine rings is 1. The van der Waals surface area contributed by atoms with Gasteiger partial charge in [-0.2, -0.15) is 0 Å². The Bertz CT molecular complexity index is 243. The van der Waals surface area contributed by atoms with Crippen molar-refractivity contribution >= 4 is 11.8 Å². The van der Waals surface area contributed by atoms with Gasteiger partial charge in [0.15, 0.2) is 0 Å². The summed E-state index contributed by atoms with van der Waals surface area (Å²) in [5.41, 5.74) is 10.6. The number of likely N-dealkylation sites (tertiary alicyclic amines) is 1. The highest BCUT2D eigenvalue weighted by Crippen LogP contribution is 2.16. The fourth-order valence-corrected chi connectivity index (χ4v) is 1.85. The van der Waals surface area contributed by atoms with Gasteiger partial charge in [0.2, 0.25) is 11.8 Å². The lowest BCUT2D eigenvalue weighted by molar-refractivity contribution is -0.135. The molecule has 5 heteroatoms. The SMILES string of the molecule is NCCCC(=O)N1CCCC(C(N)=O)C1. The van der Waals surface area contributed by atoms with E-state index in [1.165, 1.54) is 0 Å². The number of nitrogens with two attached hydrogens (primary N) is 2. The molecule has 0 spiro atoms. The van der Waals surface area contributed by atoms with Crippen molar-refractivity contribution in [2.75, 3.05) is 19.6 Å². The van der Waals surface area contributed by atoms with E-state index in [-0.39, 0.29) is 17.7 Å². The monoisotopic (exact) mass is 213 g/mol. The van der Waals surface area contributed by atoms with E-state index in [9.17, 15) is 9.59 Å². The maximum absolute atomic E-state index is 11.6. The highest BCUT2D eigenvalue weighted by atomic mass is 16.2. The number of carbonyl (C=O) groups excluding carboxylic acids is 2. The second-order valence-corrected chi connectivity index (χ2v) is 3.97. The number of primary amides is 1. The highest BCUT2D eigenvalue weighted by molar-refractivity contribution is 5.80. The van der Waals surface area contributed by atoms with Crippen LogP contribution in [0, 0.1) is 5.92 Å². The van der Waals surface area contributed by atoms with Gasteiger partial charge in [-0.1, -0.05) is 0 Å². The fourth-order valence-electron chi connectivity index (χ4n) is 1.85. The Hall–Kier alpha value is -1.10. The standard InChI is InChI=1S/C10H19N3O2/c11-5-1-4-9(14)13-6-2-3-8(7-13)10(12)15/h8H,1-7,11H2,(H2,12,15). The second-order valence-electron chi connectivity index (χ2n) is 3.97. The molecule has 1 rings (SSSR count). The predicted molar refractivity (Wildman–Crippen MR) is 56.8 cm³/mol. The minimum atomic E-state index is -0.300. The van der Waals surface area contributed by atoms with Crippen molar-refractivity contribution in [2.24, 2.45) is 17.4 Å². The molecule has 1 aliphatic rings. The molecule has 0 aliphatic carbocycles. The highest BCUT2D eigenvalue weighted by Gasteiger charge is 2.26. The molecule has 1 fully saturated rings. The van der Waals surface area contributed by atoms with Crippen molar-refractivity contribution < 1.29 is 9.59 Å². The van der Waals surface area contributed by atoms with Crippen LogP contribution in [0.4, 0.5) is 0 Å². The molecule has 2 amide bonds. The van der Waals surface area contributed by atoms with Gasteiger partial charge in [-0.3, -0.25) is 9.59 Å². The van der Waals surface area contributed by atoms with Crippen molar-refractivity contribution in [3.05, 3.63) is 0 Å². The molecule has 0 radical (unpaired) electrons. The van der Waals surface area contributed by atoms with Gasteiger partial charge in [-0.15, -0.1) is 0 Å². The number of rotatable bonds is 4. The first-order valence-electron chi connectivity index (χ1n) is 5.42. The average Bonchev–Trinajstić information content (AvgIpc) is 2.26. The molecular formula is C10H19N3O2. The molecule has 4 N–H and O–H groups in total. The van der Waals surface area contributed by atoms with Crippen LogP contribution in [-0.4, -0.2) is 36.3 Å². The van der Waals surface area contributed by atoms with Gasteiger partial charge < -0.3 is 16.4 Å². The van der Waals surface area contributed by atoms with Crippen molar-refractivity contribution in [2.45, 2.75) is 25.7 Å². The molecule has 0 saturated carbocycles. The summed E-state index contributed by atoms with van der Waals surface area (Å²) in [6.45, 7) is 1.75. The van der Waals surface area contributed by atoms with E-state index in [2.05, 4.69) is 0 Å². The van der Waals surface area contributed by atoms with Gasteiger partial charge in [0, 0.05) is 19.5 Å². The topological polar surface area (TPSA) is 89.4 Å². The lowest BCUT2D eigenvalue weighted by atomic mass is 9.97. The normalized spacial score (nSPS) is 21.4. The number of hydrogen-bond acceptors (Lipinski definition) is 3. The largest absolute Gasteiger partial charge is 0.369 e. The van der Waals surface area contributed by atoms with Gasteiger partial charge in [-0.25, -0.2) is 0 Å². The second kappa shape index (κ2) is 5.70. The van der Waals surface area contributed by atoms with Crippen molar-refractivity contribution in [3.8, 4) is 0 Å². The van der Waals surface area contributed by atoms with Gasteiger partial charge in [-0.05, 0) is 25.8 Å². The third-order valence-electron chi connectivity index (χ3n) is 2.77. The Labute approximate surface area is 89.8 Å². The Balaban J connectivity index is 2.41. The van der Waals surface area contributed by atoms with Crippen LogP contribution in [0.15, 0.2) is 0 Å². The average molecular weight is 213 g/mol. The quantitative estimate of drug-likeness (QED) is 0.656. The van der Waals surface area contributed by atoms with Crippen LogP contribution in [-0.2, 0) is 9.59 Å². The number of hydrogen-bond donors (Lipinski definition) is 2. The summed E-state index contributed by atoms with van der Waals surface area (Å²) < 4.78 is 0. The molecular weight excluding hydrogens is 194 g/mol. The third-order valence-corrected chi connectivity index (χ3v) is 2.77. The molecule has 1 aliphatic heterocycles. The summed E-state index contributed by atoms with van der Waals surface area (Å²) >= 11 is 0. The molecule has 1 heterocycles. The lowest BCUT2D eigenvalue weighted by Crippen LogP contribution is -2.44. The van der Waals surface area contributed by atoms with Gasteiger partial charge in [0.1, 0.15) is 0 Å². The van der Waals surface area contributed by atoms with E-state index in [1.807, 2.05) is 0 Å². The van der Waals surface area contributed by atoms with Crippen LogP contribution < -0.4 is 11.5 Å². The van der Waals surface area contributed by atoms with Crippen LogP contribution >= 0.6 is 0 Å². The van der Waals surface area contributed by atoms with Crippen LogP contribution in [0.1, 0.15) is 25.7 Å². The maximum atomic E-state index is 11.6. The summed E-state index contributed by atoms with van der Waals surface area (Å²) in [6, 6.07) is 0. The molecule has 1 unspecified atom stereocenters. The molecule has 86 valence electrons. The van der Waals surface area contributed by atoms with Crippen LogP contribution in [0.3, 0.4) is 0 Å². The zero-order valence-electron chi connectivity index (χ0n) is 8.95. The van der Waals surface area contributed by atoms with E-state index in [4.69, 9.17) is 11.5 Å². The summed E-state index contributed by atoms with van der Waals surface area (Å²) in [6.07, 6.45) is 2.84. The van der Waals surface area contributed by atoms with Crippen molar-refractivity contribution in [1.82, 2.24) is 4.90 Å². The van der Waals surface area contributed by atoms with Gasteiger partial charge in [0.25, 0.3) is 0 Å². The summed E-state index contributed by atoms with van der Waals surface area (Å²) in [4.78, 5) is 24.4. The summed E-state index contributed by atoms with van der Waals surface area (Å²) in [5, 5.41) is 0. The molecule has 0 aromatic carbocycles. The van der Waals surface area contributed by atoms with Gasteiger partial charge >= 0.3 is 0 Å². The van der Waals surface area contributed by atoms with Crippen molar-refractivity contribution in [1.29, 1.82) is 0 Å². The Morgan fingerprint density at radius 2 is 2.13 bits per heavy atom. The molecule has 0 aromatic rings. The molecule has 1 atom stereocenters. The first kappa shape index (κ1) is 12.0. The Kier molecular flexibility index (Phi) is 4.55. The molecule has 1 saturated heterocycles. The zero-order chi connectivity index (χ0) is 11.3. The third kappa shape index (κ3) is 3.51. The van der Waals surface area contributed by atoms with Crippen LogP contribution in [0.25, 0.3) is 0 Å². The number of amides is 2. The van der Waals surface area contributed by atoms with E-state index in [1.54, 1.807) is 4.90 Å². The molecule has 0 bridgehead atoms. The van der Waals surface area contributed by atoms with Crippen LogP contribution in [0.5, 0.6) is 0 Å². The van der Waals surface area contributed by atoms with E-state index < -0.39 is 0 Å². The van der Waals surface area contributed by atoms with E-state index >= 15 is 0 Å². The minimum absolute atomic E-state index is 0.0893. The van der Waals surface area contributed by atoms with E-state index in [0.717, 1.165) is 19.4 Å². The Morgan fingerprint density at radius 1 is 1.40 bits per heavy atom. The summed E-state index contributed by atoms with van der Waals surface area (Å²) in [5.74, 6) is -0.377.